The average molecular weight is 250 g/mol. The van der Waals surface area contributed by atoms with Crippen molar-refractivity contribution in [2.45, 2.75) is 37.5 Å². The summed E-state index contributed by atoms with van der Waals surface area (Å²) in [6.45, 7) is 3.18. The molecule has 3 atom stereocenters. The quantitative estimate of drug-likeness (QED) is 0.873. The van der Waals surface area contributed by atoms with Gasteiger partial charge in [0.25, 0.3) is 0 Å². The van der Waals surface area contributed by atoms with Gasteiger partial charge in [-0.15, -0.1) is 0 Å². The molecule has 3 unspecified atom stereocenters. The molecule has 2 aliphatic rings. The second kappa shape index (κ2) is 5.43. The Morgan fingerprint density at radius 2 is 2.50 bits per heavy atom. The third-order valence-corrected chi connectivity index (χ3v) is 4.24. The van der Waals surface area contributed by atoms with Gasteiger partial charge in [-0.2, -0.15) is 0 Å². The summed E-state index contributed by atoms with van der Waals surface area (Å²) in [6.07, 6.45) is 5.53. The highest BCUT2D eigenvalue weighted by atomic mass is 16.5. The molecule has 0 aliphatic carbocycles. The van der Waals surface area contributed by atoms with Crippen LogP contribution in [0.3, 0.4) is 0 Å². The molecule has 2 fully saturated rings. The Morgan fingerprint density at radius 3 is 3.28 bits per heavy atom. The minimum atomic E-state index is 0.273. The van der Waals surface area contributed by atoms with Crippen LogP contribution in [0.15, 0.2) is 22.8 Å². The van der Waals surface area contributed by atoms with Gasteiger partial charge in [0.1, 0.15) is 5.76 Å². The number of nitrogens with one attached hydrogen (secondary N) is 1. The fourth-order valence-electron chi connectivity index (χ4n) is 3.15. The molecule has 4 heteroatoms. The Labute approximate surface area is 108 Å². The summed E-state index contributed by atoms with van der Waals surface area (Å²) in [6, 6.07) is 4.98. The second-order valence-electron chi connectivity index (χ2n) is 5.34. The van der Waals surface area contributed by atoms with Crippen LogP contribution < -0.4 is 5.32 Å². The summed E-state index contributed by atoms with van der Waals surface area (Å²) in [5.74, 6) is 1.03. The van der Waals surface area contributed by atoms with Crippen LogP contribution in [0.25, 0.3) is 0 Å². The summed E-state index contributed by atoms with van der Waals surface area (Å²) in [7, 11) is 2.01. The van der Waals surface area contributed by atoms with Gasteiger partial charge in [0.2, 0.25) is 0 Å². The van der Waals surface area contributed by atoms with E-state index in [0.29, 0.717) is 12.1 Å². The van der Waals surface area contributed by atoms with E-state index in [1.165, 1.54) is 19.4 Å². The number of likely N-dealkylation sites (N-methyl/N-ethyl adjacent to an activating group) is 1. The summed E-state index contributed by atoms with van der Waals surface area (Å²) in [5.41, 5.74) is 0. The van der Waals surface area contributed by atoms with E-state index in [0.717, 1.165) is 25.3 Å². The summed E-state index contributed by atoms with van der Waals surface area (Å²) < 4.78 is 11.5. The molecular formula is C14H22N2O2. The molecule has 1 aromatic rings. The highest BCUT2D eigenvalue weighted by Crippen LogP contribution is 2.24. The third kappa shape index (κ3) is 2.46. The van der Waals surface area contributed by atoms with E-state index in [9.17, 15) is 0 Å². The van der Waals surface area contributed by atoms with E-state index in [2.05, 4.69) is 10.2 Å². The second-order valence-corrected chi connectivity index (χ2v) is 5.34. The fourth-order valence-corrected chi connectivity index (χ4v) is 3.15. The maximum Gasteiger partial charge on any atom is 0.105 e. The maximum absolute atomic E-state index is 6.05. The van der Waals surface area contributed by atoms with Crippen LogP contribution in [0.5, 0.6) is 0 Å². The molecule has 0 amide bonds. The lowest BCUT2D eigenvalue weighted by Gasteiger charge is -2.38. The average Bonchev–Trinajstić information content (AvgIpc) is 3.06. The topological polar surface area (TPSA) is 37.6 Å². The Balaban J connectivity index is 1.61. The van der Waals surface area contributed by atoms with Crippen molar-refractivity contribution in [3.05, 3.63) is 24.2 Å². The smallest absolute Gasteiger partial charge is 0.105 e. The van der Waals surface area contributed by atoms with Crippen LogP contribution in [-0.4, -0.2) is 49.8 Å². The van der Waals surface area contributed by atoms with E-state index in [1.807, 2.05) is 19.2 Å². The summed E-state index contributed by atoms with van der Waals surface area (Å²) >= 11 is 0. The first-order chi connectivity index (χ1) is 8.86. The number of furan rings is 1. The monoisotopic (exact) mass is 250 g/mol. The van der Waals surface area contributed by atoms with Crippen LogP contribution in [0.2, 0.25) is 0 Å². The van der Waals surface area contributed by atoms with Crippen molar-refractivity contribution in [3.8, 4) is 0 Å². The van der Waals surface area contributed by atoms with E-state index < -0.39 is 0 Å². The van der Waals surface area contributed by atoms with Crippen molar-refractivity contribution >= 4 is 0 Å². The Bertz CT molecular complexity index is 366. The predicted molar refractivity (Wildman–Crippen MR) is 69.6 cm³/mol. The molecule has 4 nitrogen and oxygen atoms in total. The van der Waals surface area contributed by atoms with Gasteiger partial charge in [0.15, 0.2) is 0 Å². The number of ether oxygens (including phenoxy) is 1. The van der Waals surface area contributed by atoms with Gasteiger partial charge in [-0.25, -0.2) is 0 Å². The molecule has 2 aliphatic heterocycles. The van der Waals surface area contributed by atoms with Crippen molar-refractivity contribution in [3.63, 3.8) is 0 Å². The van der Waals surface area contributed by atoms with E-state index in [1.54, 1.807) is 6.26 Å². The number of hydrogen-bond donors (Lipinski definition) is 1. The van der Waals surface area contributed by atoms with Crippen LogP contribution in [0.4, 0.5) is 0 Å². The molecular weight excluding hydrogens is 228 g/mol. The van der Waals surface area contributed by atoms with Gasteiger partial charge in [0.05, 0.1) is 19.0 Å². The van der Waals surface area contributed by atoms with Gasteiger partial charge in [0, 0.05) is 25.0 Å². The highest BCUT2D eigenvalue weighted by molar-refractivity contribution is 5.02. The molecule has 1 N–H and O–H groups in total. The first-order valence-electron chi connectivity index (χ1n) is 6.92. The number of morpholine rings is 1. The lowest BCUT2D eigenvalue weighted by molar-refractivity contribution is -0.0639. The molecule has 1 aromatic heterocycles. The van der Waals surface area contributed by atoms with Crippen molar-refractivity contribution in [2.24, 2.45) is 0 Å². The Kier molecular flexibility index (Phi) is 3.68. The fraction of sp³-hybridized carbons (Fsp3) is 0.714. The first kappa shape index (κ1) is 12.2. The van der Waals surface area contributed by atoms with E-state index in [-0.39, 0.29) is 6.10 Å². The highest BCUT2D eigenvalue weighted by Gasteiger charge is 2.35. The van der Waals surface area contributed by atoms with Crippen LogP contribution in [0.1, 0.15) is 18.6 Å². The van der Waals surface area contributed by atoms with Crippen LogP contribution in [-0.2, 0) is 11.2 Å². The molecule has 3 heterocycles. The molecule has 3 rings (SSSR count). The molecule has 100 valence electrons. The van der Waals surface area contributed by atoms with Gasteiger partial charge in [-0.1, -0.05) is 0 Å². The van der Waals surface area contributed by atoms with Crippen molar-refractivity contribution < 1.29 is 9.15 Å². The van der Waals surface area contributed by atoms with Gasteiger partial charge < -0.3 is 14.5 Å². The molecule has 0 spiro atoms. The normalized spacial score (nSPS) is 30.3. The lowest BCUT2D eigenvalue weighted by atomic mass is 10.0. The Morgan fingerprint density at radius 1 is 1.56 bits per heavy atom. The maximum atomic E-state index is 6.05. The largest absolute Gasteiger partial charge is 0.469 e. The lowest BCUT2D eigenvalue weighted by Crippen LogP contribution is -2.54. The number of nitrogens with zero attached hydrogens (tertiary/aromatic N) is 1. The molecule has 0 aromatic carbocycles. The summed E-state index contributed by atoms with van der Waals surface area (Å²) in [5, 5.41) is 3.38. The first-order valence-corrected chi connectivity index (χ1v) is 6.92. The molecule has 18 heavy (non-hydrogen) atoms. The van der Waals surface area contributed by atoms with Crippen molar-refractivity contribution in [1.82, 2.24) is 10.2 Å². The molecule has 2 saturated heterocycles. The van der Waals surface area contributed by atoms with E-state index in [4.69, 9.17) is 9.15 Å². The third-order valence-electron chi connectivity index (χ3n) is 4.24. The number of fused-ring (bicyclic) bond motifs is 1. The minimum Gasteiger partial charge on any atom is -0.469 e. The zero-order valence-electron chi connectivity index (χ0n) is 11.0. The number of rotatable bonds is 4. The Hall–Kier alpha value is -0.840. The van der Waals surface area contributed by atoms with Crippen LogP contribution >= 0.6 is 0 Å². The van der Waals surface area contributed by atoms with E-state index >= 15 is 0 Å². The molecule has 0 saturated carbocycles. The zero-order valence-corrected chi connectivity index (χ0v) is 11.0. The molecule has 0 bridgehead atoms. The predicted octanol–water partition coefficient (Wildman–Crippen LogP) is 1.27. The van der Waals surface area contributed by atoms with Crippen LogP contribution in [0, 0.1) is 0 Å². The summed E-state index contributed by atoms with van der Waals surface area (Å²) in [4.78, 5) is 2.58. The van der Waals surface area contributed by atoms with Gasteiger partial charge in [-0.05, 0) is 38.6 Å². The SMILES string of the molecule is CNC(Cc1ccco1)C1CN2CCCC2CO1. The van der Waals surface area contributed by atoms with Crippen molar-refractivity contribution in [2.75, 3.05) is 26.7 Å². The van der Waals surface area contributed by atoms with Gasteiger partial charge in [-0.3, -0.25) is 4.90 Å². The standard InChI is InChI=1S/C14H22N2O2/c1-15-13(8-12-5-3-7-17-12)14-9-16-6-2-4-11(16)10-18-14/h3,5,7,11,13-15H,2,4,6,8-10H2,1H3. The minimum absolute atomic E-state index is 0.273. The van der Waals surface area contributed by atoms with Gasteiger partial charge >= 0.3 is 0 Å². The number of hydrogen-bond acceptors (Lipinski definition) is 4. The molecule has 0 radical (unpaired) electrons. The zero-order chi connectivity index (χ0) is 12.4. The van der Waals surface area contributed by atoms with Crippen molar-refractivity contribution in [1.29, 1.82) is 0 Å².